The highest BCUT2D eigenvalue weighted by Crippen LogP contribution is 2.36. The number of nitrogens with one attached hydrogen (secondary N) is 2. The molecule has 154 valence electrons. The van der Waals surface area contributed by atoms with E-state index in [0.29, 0.717) is 39.4 Å². The number of benzene rings is 2. The van der Waals surface area contributed by atoms with Gasteiger partial charge in [-0.15, -0.1) is 0 Å². The number of aromatic nitrogens is 2. The first kappa shape index (κ1) is 19.5. The molecule has 0 radical (unpaired) electrons. The molecule has 0 unspecified atom stereocenters. The molecule has 0 aliphatic heterocycles. The number of rotatable bonds is 6. The molecule has 2 N–H and O–H groups in total. The molecule has 0 saturated carbocycles. The van der Waals surface area contributed by atoms with Gasteiger partial charge in [-0.3, -0.25) is 4.79 Å². The first-order valence-corrected chi connectivity index (χ1v) is 9.39. The highest BCUT2D eigenvalue weighted by molar-refractivity contribution is 5.90. The Kier molecular flexibility index (Phi) is 5.14. The van der Waals surface area contributed by atoms with Crippen molar-refractivity contribution in [2.45, 2.75) is 19.9 Å². The van der Waals surface area contributed by atoms with Crippen LogP contribution in [0.3, 0.4) is 0 Å². The van der Waals surface area contributed by atoms with Crippen molar-refractivity contribution in [3.05, 3.63) is 63.8 Å². The number of carbonyl (C=O) groups excluding carboxylic acids is 1. The van der Waals surface area contributed by atoms with Crippen LogP contribution in [-0.4, -0.2) is 30.1 Å². The zero-order chi connectivity index (χ0) is 21.3. The van der Waals surface area contributed by atoms with Crippen LogP contribution in [0.25, 0.3) is 22.0 Å². The van der Waals surface area contributed by atoms with Crippen molar-refractivity contribution in [2.24, 2.45) is 0 Å². The summed E-state index contributed by atoms with van der Waals surface area (Å²) < 4.78 is 16.1. The molecule has 0 bridgehead atoms. The average molecular weight is 407 g/mol. The maximum Gasteiger partial charge on any atom is 0.340 e. The number of carbonyl (C=O) groups is 1. The van der Waals surface area contributed by atoms with E-state index < -0.39 is 5.63 Å². The van der Waals surface area contributed by atoms with Gasteiger partial charge in [0, 0.05) is 5.39 Å². The minimum absolute atomic E-state index is 0.0985. The van der Waals surface area contributed by atoms with E-state index in [-0.39, 0.29) is 18.9 Å². The van der Waals surface area contributed by atoms with Crippen LogP contribution in [0.5, 0.6) is 11.5 Å². The van der Waals surface area contributed by atoms with E-state index in [0.717, 1.165) is 11.0 Å². The van der Waals surface area contributed by atoms with Crippen molar-refractivity contribution < 1.29 is 18.7 Å². The Labute approximate surface area is 171 Å². The fourth-order valence-corrected chi connectivity index (χ4v) is 3.46. The van der Waals surface area contributed by atoms with Gasteiger partial charge in [-0.05, 0) is 36.8 Å². The second-order valence-electron chi connectivity index (χ2n) is 6.82. The van der Waals surface area contributed by atoms with Crippen LogP contribution in [0.4, 0.5) is 0 Å². The second-order valence-corrected chi connectivity index (χ2v) is 6.82. The van der Waals surface area contributed by atoms with Crippen molar-refractivity contribution in [3.8, 4) is 11.5 Å². The van der Waals surface area contributed by atoms with Gasteiger partial charge < -0.3 is 24.2 Å². The summed E-state index contributed by atoms with van der Waals surface area (Å²) in [5.41, 5.74) is 2.42. The second kappa shape index (κ2) is 7.90. The summed E-state index contributed by atoms with van der Waals surface area (Å²) in [5.74, 6) is 1.15. The first-order valence-electron chi connectivity index (χ1n) is 9.39. The summed E-state index contributed by atoms with van der Waals surface area (Å²) in [6.07, 6.45) is -0.0985. The van der Waals surface area contributed by atoms with E-state index in [1.54, 1.807) is 19.1 Å². The summed E-state index contributed by atoms with van der Waals surface area (Å²) in [7, 11) is 2.99. The lowest BCUT2D eigenvalue weighted by molar-refractivity contribution is -0.120. The largest absolute Gasteiger partial charge is 0.493 e. The molecule has 0 fully saturated rings. The third kappa shape index (κ3) is 3.47. The Morgan fingerprint density at radius 2 is 1.97 bits per heavy atom. The van der Waals surface area contributed by atoms with Crippen molar-refractivity contribution >= 4 is 27.9 Å². The number of H-pyrrole nitrogens is 1. The number of amides is 1. The summed E-state index contributed by atoms with van der Waals surface area (Å²) in [6.45, 7) is 2.02. The van der Waals surface area contributed by atoms with Crippen LogP contribution in [0.15, 0.2) is 45.6 Å². The maximum atomic E-state index is 12.6. The third-order valence-corrected chi connectivity index (χ3v) is 5.03. The molecule has 0 saturated heterocycles. The lowest BCUT2D eigenvalue weighted by Crippen LogP contribution is -2.27. The van der Waals surface area contributed by atoms with Gasteiger partial charge in [0.15, 0.2) is 11.3 Å². The predicted molar refractivity (Wildman–Crippen MR) is 112 cm³/mol. The Morgan fingerprint density at radius 3 is 2.70 bits per heavy atom. The van der Waals surface area contributed by atoms with Crippen LogP contribution in [0.1, 0.15) is 17.0 Å². The molecule has 30 heavy (non-hydrogen) atoms. The number of methoxy groups -OCH3 is 2. The molecule has 0 spiro atoms. The van der Waals surface area contributed by atoms with E-state index in [1.807, 2.05) is 24.3 Å². The molecule has 2 aromatic heterocycles. The standard InChI is InChI=1S/C22H21N3O5/c1-12-13-8-9-17(28-2)21(29-3)20(13)30-22(27)14(12)10-19(26)23-11-18-24-15-6-4-5-7-16(15)25-18/h4-9H,10-11H2,1-3H3,(H,23,26)(H,24,25). The van der Waals surface area contributed by atoms with Gasteiger partial charge in [0.1, 0.15) is 5.82 Å². The smallest absolute Gasteiger partial charge is 0.340 e. The minimum Gasteiger partial charge on any atom is -0.493 e. The van der Waals surface area contributed by atoms with Crippen LogP contribution in [0.2, 0.25) is 0 Å². The van der Waals surface area contributed by atoms with Crippen LogP contribution in [-0.2, 0) is 17.8 Å². The number of imidazole rings is 1. The van der Waals surface area contributed by atoms with Crippen molar-refractivity contribution in [1.29, 1.82) is 0 Å². The lowest BCUT2D eigenvalue weighted by Gasteiger charge is -2.12. The molecule has 2 heterocycles. The van der Waals surface area contributed by atoms with Crippen LogP contribution >= 0.6 is 0 Å². The Bertz CT molecular complexity index is 1270. The number of aromatic amines is 1. The quantitative estimate of drug-likeness (QED) is 0.476. The molecule has 0 aliphatic rings. The minimum atomic E-state index is -0.578. The van der Waals surface area contributed by atoms with E-state index in [9.17, 15) is 9.59 Å². The molecule has 4 rings (SSSR count). The molecule has 2 aromatic carbocycles. The lowest BCUT2D eigenvalue weighted by atomic mass is 10.0. The molecule has 4 aromatic rings. The van der Waals surface area contributed by atoms with E-state index in [1.165, 1.54) is 14.2 Å². The van der Waals surface area contributed by atoms with Gasteiger partial charge in [-0.2, -0.15) is 0 Å². The Balaban J connectivity index is 1.56. The number of aryl methyl sites for hydroxylation is 1. The van der Waals surface area contributed by atoms with Gasteiger partial charge in [0.25, 0.3) is 0 Å². The van der Waals surface area contributed by atoms with Crippen LogP contribution < -0.4 is 20.4 Å². The first-order chi connectivity index (χ1) is 14.5. The SMILES string of the molecule is COc1ccc2c(C)c(CC(=O)NCc3nc4ccccc4[nH]3)c(=O)oc2c1OC. The molecular formula is C22H21N3O5. The molecule has 1 amide bonds. The highest BCUT2D eigenvalue weighted by Gasteiger charge is 2.19. The Hall–Kier alpha value is -3.81. The van der Waals surface area contributed by atoms with Gasteiger partial charge >= 0.3 is 5.63 Å². The van der Waals surface area contributed by atoms with Crippen molar-refractivity contribution in [1.82, 2.24) is 15.3 Å². The van der Waals surface area contributed by atoms with Gasteiger partial charge in [0.2, 0.25) is 11.7 Å². The number of fused-ring (bicyclic) bond motifs is 2. The van der Waals surface area contributed by atoms with Crippen molar-refractivity contribution in [3.63, 3.8) is 0 Å². The fourth-order valence-electron chi connectivity index (χ4n) is 3.46. The number of hydrogen-bond acceptors (Lipinski definition) is 6. The number of ether oxygens (including phenoxy) is 2. The van der Waals surface area contributed by atoms with E-state index in [4.69, 9.17) is 13.9 Å². The zero-order valence-electron chi connectivity index (χ0n) is 16.9. The molecule has 0 atom stereocenters. The Morgan fingerprint density at radius 1 is 1.17 bits per heavy atom. The van der Waals surface area contributed by atoms with E-state index >= 15 is 0 Å². The number of hydrogen-bond donors (Lipinski definition) is 2. The average Bonchev–Trinajstić information content (AvgIpc) is 3.17. The molecule has 8 heteroatoms. The number of para-hydroxylation sites is 2. The zero-order valence-corrected chi connectivity index (χ0v) is 16.9. The summed E-state index contributed by atoms with van der Waals surface area (Å²) in [5, 5.41) is 3.48. The van der Waals surface area contributed by atoms with Gasteiger partial charge in [-0.25, -0.2) is 9.78 Å². The monoisotopic (exact) mass is 407 g/mol. The van der Waals surface area contributed by atoms with Gasteiger partial charge in [0.05, 0.1) is 43.8 Å². The number of nitrogens with zero attached hydrogens (tertiary/aromatic N) is 1. The van der Waals surface area contributed by atoms with E-state index in [2.05, 4.69) is 15.3 Å². The summed E-state index contributed by atoms with van der Waals surface area (Å²) >= 11 is 0. The molecule has 0 aliphatic carbocycles. The fraction of sp³-hybridized carbons (Fsp3) is 0.227. The molecule has 8 nitrogen and oxygen atoms in total. The summed E-state index contributed by atoms with van der Waals surface area (Å²) in [6, 6.07) is 11.1. The topological polar surface area (TPSA) is 106 Å². The van der Waals surface area contributed by atoms with Crippen molar-refractivity contribution in [2.75, 3.05) is 14.2 Å². The molecular weight excluding hydrogens is 386 g/mol. The third-order valence-electron chi connectivity index (χ3n) is 5.03. The maximum absolute atomic E-state index is 12.6. The van der Waals surface area contributed by atoms with Crippen LogP contribution in [0, 0.1) is 6.92 Å². The summed E-state index contributed by atoms with van der Waals surface area (Å²) in [4.78, 5) is 32.7. The van der Waals surface area contributed by atoms with Gasteiger partial charge in [-0.1, -0.05) is 12.1 Å². The predicted octanol–water partition coefficient (Wildman–Crippen LogP) is 2.85. The normalized spacial score (nSPS) is 11.0. The highest BCUT2D eigenvalue weighted by atomic mass is 16.5.